The first kappa shape index (κ1) is 17.3. The zero-order chi connectivity index (χ0) is 15.9. The van der Waals surface area contributed by atoms with Gasteiger partial charge in [0.25, 0.3) is 0 Å². The van der Waals surface area contributed by atoms with E-state index in [1.807, 2.05) is 0 Å². The van der Waals surface area contributed by atoms with Crippen LogP contribution in [0, 0.1) is 5.92 Å². The molecule has 1 aliphatic carbocycles. The van der Waals surface area contributed by atoms with E-state index in [4.69, 9.17) is 4.74 Å². The van der Waals surface area contributed by atoms with Crippen molar-refractivity contribution in [2.45, 2.75) is 57.9 Å². The number of ether oxygens (including phenoxy) is 1. The number of methoxy groups -OCH3 is 1. The summed E-state index contributed by atoms with van der Waals surface area (Å²) >= 11 is 0. The third-order valence-electron chi connectivity index (χ3n) is 5.09. The van der Waals surface area contributed by atoms with Crippen LogP contribution in [0.1, 0.15) is 51.9 Å². The Morgan fingerprint density at radius 2 is 2.05 bits per heavy atom. The van der Waals surface area contributed by atoms with Crippen LogP contribution in [0.25, 0.3) is 0 Å². The van der Waals surface area contributed by atoms with Gasteiger partial charge in [0.15, 0.2) is 0 Å². The molecule has 1 heterocycles. The van der Waals surface area contributed by atoms with Crippen molar-refractivity contribution in [3.63, 3.8) is 0 Å². The van der Waals surface area contributed by atoms with Crippen LogP contribution in [0.5, 0.6) is 0 Å². The summed E-state index contributed by atoms with van der Waals surface area (Å²) in [5, 5.41) is 0. The molecule has 0 amide bonds. The van der Waals surface area contributed by atoms with Gasteiger partial charge in [0.1, 0.15) is 6.04 Å². The summed E-state index contributed by atoms with van der Waals surface area (Å²) in [6.07, 6.45) is 10.8. The number of piperazine rings is 1. The molecule has 0 spiro atoms. The minimum atomic E-state index is -0.0976. The molecule has 22 heavy (non-hydrogen) atoms. The lowest BCUT2D eigenvalue weighted by atomic mass is 9.84. The maximum absolute atomic E-state index is 12.4. The van der Waals surface area contributed by atoms with Crippen molar-refractivity contribution in [1.82, 2.24) is 9.80 Å². The summed E-state index contributed by atoms with van der Waals surface area (Å²) in [5.74, 6) is 0.623. The van der Waals surface area contributed by atoms with Gasteiger partial charge in [-0.05, 0) is 25.8 Å². The number of rotatable bonds is 5. The standard InChI is InChI=1S/C18H32N2O2/c1-4-8-16-14-19(2)11-12-20(16)17(18(21)22-3)13-15-9-6-5-7-10-15/h8,15,17H,4-7,9-14H2,1-3H3/b16-8+. The monoisotopic (exact) mass is 308 g/mol. The lowest BCUT2D eigenvalue weighted by Crippen LogP contribution is -2.51. The predicted octanol–water partition coefficient (Wildman–Crippen LogP) is 3.04. The van der Waals surface area contributed by atoms with Gasteiger partial charge in [-0.3, -0.25) is 4.90 Å². The van der Waals surface area contributed by atoms with Gasteiger partial charge in [0.2, 0.25) is 0 Å². The van der Waals surface area contributed by atoms with Crippen molar-refractivity contribution in [3.8, 4) is 0 Å². The zero-order valence-electron chi connectivity index (χ0n) is 14.5. The van der Waals surface area contributed by atoms with Crippen molar-refractivity contribution in [2.75, 3.05) is 33.8 Å². The molecular formula is C18H32N2O2. The molecule has 126 valence electrons. The molecule has 2 rings (SSSR count). The van der Waals surface area contributed by atoms with Crippen LogP contribution >= 0.6 is 0 Å². The maximum Gasteiger partial charge on any atom is 0.328 e. The first-order chi connectivity index (χ1) is 10.7. The number of hydrogen-bond acceptors (Lipinski definition) is 4. The molecule has 2 aliphatic rings. The smallest absolute Gasteiger partial charge is 0.328 e. The predicted molar refractivity (Wildman–Crippen MR) is 89.6 cm³/mol. The van der Waals surface area contributed by atoms with Gasteiger partial charge in [-0.2, -0.15) is 0 Å². The van der Waals surface area contributed by atoms with Crippen LogP contribution in [0.2, 0.25) is 0 Å². The summed E-state index contributed by atoms with van der Waals surface area (Å²) < 4.78 is 5.14. The normalized spacial score (nSPS) is 24.5. The van der Waals surface area contributed by atoms with Crippen LogP contribution in [0.3, 0.4) is 0 Å². The summed E-state index contributed by atoms with van der Waals surface area (Å²) in [4.78, 5) is 17.1. The highest BCUT2D eigenvalue weighted by molar-refractivity contribution is 5.76. The second-order valence-electron chi connectivity index (χ2n) is 6.81. The van der Waals surface area contributed by atoms with Gasteiger partial charge in [-0.25, -0.2) is 4.79 Å². The SMILES string of the molecule is CC/C=C1\CN(C)CCN1C(CC1CCCCC1)C(=O)OC. The first-order valence-corrected chi connectivity index (χ1v) is 8.87. The average molecular weight is 308 g/mol. The highest BCUT2D eigenvalue weighted by Crippen LogP contribution is 2.30. The van der Waals surface area contributed by atoms with Crippen LogP contribution in [0.4, 0.5) is 0 Å². The van der Waals surface area contributed by atoms with E-state index >= 15 is 0 Å². The third kappa shape index (κ3) is 4.48. The van der Waals surface area contributed by atoms with E-state index in [-0.39, 0.29) is 12.0 Å². The second-order valence-corrected chi connectivity index (χ2v) is 6.81. The quantitative estimate of drug-likeness (QED) is 0.731. The largest absolute Gasteiger partial charge is 0.467 e. The van der Waals surface area contributed by atoms with Crippen molar-refractivity contribution < 1.29 is 9.53 Å². The molecule has 0 bridgehead atoms. The Balaban J connectivity index is 2.12. The third-order valence-corrected chi connectivity index (χ3v) is 5.09. The van der Waals surface area contributed by atoms with E-state index in [2.05, 4.69) is 29.8 Å². The molecule has 0 N–H and O–H groups in total. The molecular weight excluding hydrogens is 276 g/mol. The van der Waals surface area contributed by atoms with Crippen LogP contribution in [-0.2, 0) is 9.53 Å². The van der Waals surface area contributed by atoms with E-state index in [0.717, 1.165) is 32.5 Å². The van der Waals surface area contributed by atoms with Crippen molar-refractivity contribution >= 4 is 5.97 Å². The first-order valence-electron chi connectivity index (χ1n) is 8.87. The van der Waals surface area contributed by atoms with Crippen molar-refractivity contribution in [1.29, 1.82) is 0 Å². The second kappa shape index (κ2) is 8.56. The molecule has 0 radical (unpaired) electrons. The molecule has 0 aromatic carbocycles. The minimum Gasteiger partial charge on any atom is -0.467 e. The van der Waals surface area contributed by atoms with Crippen molar-refractivity contribution in [3.05, 3.63) is 11.8 Å². The Morgan fingerprint density at radius 3 is 2.68 bits per heavy atom. The summed E-state index contributed by atoms with van der Waals surface area (Å²) in [6.45, 7) is 5.04. The van der Waals surface area contributed by atoms with Gasteiger partial charge in [-0.1, -0.05) is 45.1 Å². The number of hydrogen-bond donors (Lipinski definition) is 0. The molecule has 0 aromatic rings. The zero-order valence-corrected chi connectivity index (χ0v) is 14.5. The molecule has 1 saturated heterocycles. The highest BCUT2D eigenvalue weighted by Gasteiger charge is 2.33. The van der Waals surface area contributed by atoms with Crippen LogP contribution in [-0.4, -0.2) is 55.6 Å². The summed E-state index contributed by atoms with van der Waals surface area (Å²) in [5.41, 5.74) is 1.29. The molecule has 4 nitrogen and oxygen atoms in total. The Labute approximate surface area is 135 Å². The molecule has 2 fully saturated rings. The van der Waals surface area contributed by atoms with Crippen LogP contribution < -0.4 is 0 Å². The van der Waals surface area contributed by atoms with Gasteiger partial charge in [-0.15, -0.1) is 0 Å². The van der Waals surface area contributed by atoms with Crippen molar-refractivity contribution in [2.24, 2.45) is 5.92 Å². The van der Waals surface area contributed by atoms with E-state index in [9.17, 15) is 4.79 Å². The fraction of sp³-hybridized carbons (Fsp3) is 0.833. The molecule has 1 aliphatic heterocycles. The topological polar surface area (TPSA) is 32.8 Å². The van der Waals surface area contributed by atoms with Gasteiger partial charge < -0.3 is 9.64 Å². The van der Waals surface area contributed by atoms with E-state index in [1.165, 1.54) is 44.9 Å². The Bertz CT molecular complexity index is 389. The molecule has 0 aromatic heterocycles. The van der Waals surface area contributed by atoms with E-state index in [0.29, 0.717) is 5.92 Å². The van der Waals surface area contributed by atoms with Gasteiger partial charge in [0.05, 0.1) is 7.11 Å². The number of carbonyl (C=O) groups is 1. The van der Waals surface area contributed by atoms with Crippen LogP contribution in [0.15, 0.2) is 11.8 Å². The summed E-state index contributed by atoms with van der Waals surface area (Å²) in [7, 11) is 3.67. The Hall–Kier alpha value is -1.03. The Kier molecular flexibility index (Phi) is 6.74. The molecule has 1 saturated carbocycles. The maximum atomic E-state index is 12.4. The number of nitrogens with zero attached hydrogens (tertiary/aromatic N) is 2. The van der Waals surface area contributed by atoms with Gasteiger partial charge in [0, 0.05) is 25.3 Å². The molecule has 4 heteroatoms. The molecule has 1 unspecified atom stereocenters. The lowest BCUT2D eigenvalue weighted by molar-refractivity contribution is -0.147. The Morgan fingerprint density at radius 1 is 1.32 bits per heavy atom. The van der Waals surface area contributed by atoms with Gasteiger partial charge >= 0.3 is 5.97 Å². The summed E-state index contributed by atoms with van der Waals surface area (Å²) in [6, 6.07) is -0.0976. The number of likely N-dealkylation sites (N-methyl/N-ethyl adjacent to an activating group) is 1. The minimum absolute atomic E-state index is 0.0582. The number of allylic oxidation sites excluding steroid dienone is 1. The lowest BCUT2D eigenvalue weighted by Gasteiger charge is -2.41. The fourth-order valence-electron chi connectivity index (χ4n) is 3.87. The fourth-order valence-corrected chi connectivity index (χ4v) is 3.87. The number of carbonyl (C=O) groups excluding carboxylic acids is 1. The molecule has 1 atom stereocenters. The highest BCUT2D eigenvalue weighted by atomic mass is 16.5. The van der Waals surface area contributed by atoms with E-state index in [1.54, 1.807) is 0 Å². The average Bonchev–Trinajstić information content (AvgIpc) is 2.54. The number of esters is 1. The van der Waals surface area contributed by atoms with E-state index < -0.39 is 0 Å².